The molecule has 1 aliphatic rings. The van der Waals surface area contributed by atoms with E-state index in [0.29, 0.717) is 0 Å². The van der Waals surface area contributed by atoms with Crippen molar-refractivity contribution in [3.05, 3.63) is 48.2 Å². The van der Waals surface area contributed by atoms with Gasteiger partial charge in [-0.05, 0) is 12.1 Å². The van der Waals surface area contributed by atoms with Crippen LogP contribution in [0.4, 0.5) is 10.6 Å². The first-order valence-electron chi connectivity index (χ1n) is 5.63. The van der Waals surface area contributed by atoms with E-state index in [0.717, 1.165) is 4.90 Å². The van der Waals surface area contributed by atoms with Crippen LogP contribution in [0.2, 0.25) is 0 Å². The number of fused-ring (bicyclic) bond motifs is 1. The largest absolute Gasteiger partial charge is 0.508 e. The monoisotopic (exact) mass is 272 g/mol. The van der Waals surface area contributed by atoms with Gasteiger partial charge in [0, 0.05) is 18.6 Å². The summed E-state index contributed by atoms with van der Waals surface area (Å²) in [5, 5.41) is 8.82. The van der Waals surface area contributed by atoms with E-state index in [1.807, 2.05) is 0 Å². The van der Waals surface area contributed by atoms with Crippen LogP contribution in [-0.2, 0) is 4.74 Å². The number of anilines is 1. The van der Waals surface area contributed by atoms with E-state index in [4.69, 9.17) is 9.84 Å². The van der Waals surface area contributed by atoms with Crippen LogP contribution in [0.3, 0.4) is 0 Å². The van der Waals surface area contributed by atoms with Crippen molar-refractivity contribution in [3.8, 4) is 0 Å². The summed E-state index contributed by atoms with van der Waals surface area (Å²) in [6.45, 7) is 0. The molecule has 0 saturated heterocycles. The highest BCUT2D eigenvalue weighted by Gasteiger charge is 2.43. The number of rotatable bonds is 2. The molecular weight excluding hydrogens is 264 g/mol. The average molecular weight is 272 g/mol. The molecule has 0 aromatic carbocycles. The summed E-state index contributed by atoms with van der Waals surface area (Å²) in [6, 6.07) is 4.93. The third kappa shape index (κ3) is 1.83. The molecule has 2 aromatic heterocycles. The number of ether oxygens (including phenoxy) is 1. The van der Waals surface area contributed by atoms with Gasteiger partial charge in [0.2, 0.25) is 6.23 Å². The highest BCUT2D eigenvalue weighted by molar-refractivity contribution is 6.08. The molecule has 8 heteroatoms. The Labute approximate surface area is 112 Å². The van der Waals surface area contributed by atoms with Gasteiger partial charge < -0.3 is 9.84 Å². The van der Waals surface area contributed by atoms with E-state index in [2.05, 4.69) is 15.0 Å². The number of carboxylic acid groups (broad SMARTS) is 1. The van der Waals surface area contributed by atoms with Crippen molar-refractivity contribution in [2.45, 2.75) is 6.23 Å². The number of amides is 1. The van der Waals surface area contributed by atoms with Crippen molar-refractivity contribution in [1.82, 2.24) is 15.0 Å². The Balaban J connectivity index is 2.10. The molecule has 8 nitrogen and oxygen atoms in total. The summed E-state index contributed by atoms with van der Waals surface area (Å²) >= 11 is 0. The van der Waals surface area contributed by atoms with E-state index in [1.165, 1.54) is 18.6 Å². The molecule has 20 heavy (non-hydrogen) atoms. The maximum Gasteiger partial charge on any atom is 0.508 e. The molecule has 1 amide bonds. The van der Waals surface area contributed by atoms with Gasteiger partial charge in [-0.25, -0.2) is 19.7 Å². The molecule has 0 fully saturated rings. The van der Waals surface area contributed by atoms with E-state index in [1.54, 1.807) is 18.2 Å². The first kappa shape index (κ1) is 12.0. The first-order valence-corrected chi connectivity index (χ1v) is 5.63. The molecule has 1 atom stereocenters. The smallest absolute Gasteiger partial charge is 0.450 e. The third-order valence-corrected chi connectivity index (χ3v) is 2.72. The lowest BCUT2D eigenvalue weighted by atomic mass is 10.3. The highest BCUT2D eigenvalue weighted by atomic mass is 16.7. The number of hydrogen-bond acceptors (Lipinski definition) is 6. The van der Waals surface area contributed by atoms with Gasteiger partial charge in [0.25, 0.3) is 5.91 Å². The van der Waals surface area contributed by atoms with Gasteiger partial charge in [0.15, 0.2) is 5.69 Å². The van der Waals surface area contributed by atoms with Gasteiger partial charge in [-0.3, -0.25) is 9.78 Å². The van der Waals surface area contributed by atoms with Crippen molar-refractivity contribution in [2.75, 3.05) is 4.90 Å². The second kappa shape index (κ2) is 4.57. The Bertz CT molecular complexity index is 676. The van der Waals surface area contributed by atoms with Gasteiger partial charge in [-0.15, -0.1) is 0 Å². The standard InChI is InChI=1S/C12H8N4O4/c17-10-8-9(15-6-5-14-8)11(20-12(18)19)16(10)7-3-1-2-4-13-7/h1-6,11H,(H,18,19). The van der Waals surface area contributed by atoms with Crippen LogP contribution < -0.4 is 4.90 Å². The van der Waals surface area contributed by atoms with Crippen LogP contribution in [0.1, 0.15) is 22.4 Å². The lowest BCUT2D eigenvalue weighted by Gasteiger charge is -2.21. The molecule has 0 spiro atoms. The predicted molar refractivity (Wildman–Crippen MR) is 64.9 cm³/mol. The Morgan fingerprint density at radius 3 is 2.70 bits per heavy atom. The summed E-state index contributed by atoms with van der Waals surface area (Å²) in [5.74, 6) is -0.235. The minimum atomic E-state index is -1.51. The maximum atomic E-state index is 12.3. The zero-order valence-corrected chi connectivity index (χ0v) is 10.0. The number of pyridine rings is 1. The zero-order chi connectivity index (χ0) is 14.1. The fourth-order valence-corrected chi connectivity index (χ4v) is 1.96. The number of hydrogen-bond donors (Lipinski definition) is 1. The third-order valence-electron chi connectivity index (χ3n) is 2.72. The van der Waals surface area contributed by atoms with E-state index in [9.17, 15) is 9.59 Å². The van der Waals surface area contributed by atoms with Gasteiger partial charge in [-0.1, -0.05) is 6.07 Å². The quantitative estimate of drug-likeness (QED) is 0.819. The van der Waals surface area contributed by atoms with Crippen LogP contribution in [0, 0.1) is 0 Å². The van der Waals surface area contributed by atoms with E-state index in [-0.39, 0.29) is 17.2 Å². The molecule has 1 unspecified atom stereocenters. The Morgan fingerprint density at radius 2 is 2.00 bits per heavy atom. The van der Waals surface area contributed by atoms with Crippen molar-refractivity contribution in [1.29, 1.82) is 0 Å². The minimum Gasteiger partial charge on any atom is -0.450 e. The number of nitrogens with zero attached hydrogens (tertiary/aromatic N) is 4. The van der Waals surface area contributed by atoms with Crippen LogP contribution in [0.25, 0.3) is 0 Å². The van der Waals surface area contributed by atoms with Gasteiger partial charge >= 0.3 is 6.16 Å². The summed E-state index contributed by atoms with van der Waals surface area (Å²) in [7, 11) is 0. The molecule has 0 bridgehead atoms. The average Bonchev–Trinajstić information content (AvgIpc) is 2.73. The second-order valence-electron chi connectivity index (χ2n) is 3.89. The van der Waals surface area contributed by atoms with E-state index >= 15 is 0 Å². The molecule has 3 rings (SSSR count). The van der Waals surface area contributed by atoms with Crippen LogP contribution in [0.5, 0.6) is 0 Å². The number of carbonyl (C=O) groups is 2. The Morgan fingerprint density at radius 1 is 1.20 bits per heavy atom. The van der Waals surface area contributed by atoms with Gasteiger partial charge in [-0.2, -0.15) is 0 Å². The molecule has 0 saturated carbocycles. The van der Waals surface area contributed by atoms with E-state index < -0.39 is 18.3 Å². The maximum absolute atomic E-state index is 12.3. The highest BCUT2D eigenvalue weighted by Crippen LogP contribution is 2.34. The SMILES string of the molecule is O=C(O)OC1c2nccnc2C(=O)N1c1ccccn1. The Kier molecular flexibility index (Phi) is 2.75. The minimum absolute atomic E-state index is 0.0596. The molecule has 3 heterocycles. The van der Waals surface area contributed by atoms with Crippen LogP contribution in [0.15, 0.2) is 36.8 Å². The molecule has 0 aliphatic carbocycles. The summed E-state index contributed by atoms with van der Waals surface area (Å²) in [4.78, 5) is 36.2. The number of aromatic nitrogens is 3. The summed E-state index contributed by atoms with van der Waals surface area (Å²) in [5.41, 5.74) is 0.218. The van der Waals surface area contributed by atoms with Crippen molar-refractivity contribution in [2.24, 2.45) is 0 Å². The lowest BCUT2D eigenvalue weighted by molar-refractivity contribution is 0.0498. The molecule has 100 valence electrons. The first-order chi connectivity index (χ1) is 9.68. The molecule has 0 radical (unpaired) electrons. The fourth-order valence-electron chi connectivity index (χ4n) is 1.96. The fraction of sp³-hybridized carbons (Fsp3) is 0.0833. The van der Waals surface area contributed by atoms with Crippen molar-refractivity contribution < 1.29 is 19.4 Å². The number of carbonyl (C=O) groups excluding carboxylic acids is 1. The predicted octanol–water partition coefficient (Wildman–Crippen LogP) is 1.23. The molecule has 1 N–H and O–H groups in total. The van der Waals surface area contributed by atoms with Gasteiger partial charge in [0.05, 0.1) is 0 Å². The Hall–Kier alpha value is -3.03. The zero-order valence-electron chi connectivity index (χ0n) is 10.0. The van der Waals surface area contributed by atoms with Crippen LogP contribution in [-0.4, -0.2) is 32.1 Å². The summed E-state index contributed by atoms with van der Waals surface area (Å²) in [6.07, 6.45) is 1.52. The molecule has 1 aliphatic heterocycles. The second-order valence-corrected chi connectivity index (χ2v) is 3.89. The van der Waals surface area contributed by atoms with Crippen molar-refractivity contribution in [3.63, 3.8) is 0 Å². The summed E-state index contributed by atoms with van der Waals surface area (Å²) < 4.78 is 4.75. The molecular formula is C12H8N4O4. The molecule has 2 aromatic rings. The van der Waals surface area contributed by atoms with Gasteiger partial charge in [0.1, 0.15) is 11.5 Å². The lowest BCUT2D eigenvalue weighted by Crippen LogP contribution is -2.31. The van der Waals surface area contributed by atoms with Crippen LogP contribution >= 0.6 is 0 Å². The normalized spacial score (nSPS) is 16.9. The van der Waals surface area contributed by atoms with Crippen molar-refractivity contribution >= 4 is 17.9 Å². The topological polar surface area (TPSA) is 106 Å².